The van der Waals surface area contributed by atoms with Gasteiger partial charge in [0.2, 0.25) is 0 Å². The van der Waals surface area contributed by atoms with Crippen molar-refractivity contribution >= 4 is 65.6 Å². The molecule has 0 bridgehead atoms. The monoisotopic (exact) mass is 817 g/mol. The van der Waals surface area contributed by atoms with Crippen LogP contribution in [0.2, 0.25) is 0 Å². The van der Waals surface area contributed by atoms with Gasteiger partial charge in [-0.2, -0.15) is 0 Å². The number of para-hydroxylation sites is 4. The highest BCUT2D eigenvalue weighted by molar-refractivity contribution is 6.28. The summed E-state index contributed by atoms with van der Waals surface area (Å²) in [7, 11) is 0. The standard InChI is InChI=1S/C59H35N3O2/c1-3-15-37(16-4-1)49-35-50(38-31-29-36(30-32-38)42-24-14-25-44-43-21-8-11-27-51(43)64-58(42)44)62-59(61-49)41-20-13-19-40(33-41)54-55-45-22-7-10-26-48(45)60-57(39-17-5-2-6-18-39)47(55)34-53-56(54)46-23-9-12-28-52(46)63-53/h1-35H. The molecule has 64 heavy (non-hydrogen) atoms. The number of hydrogen-bond donors (Lipinski definition) is 0. The second kappa shape index (κ2) is 14.5. The quantitative estimate of drug-likeness (QED) is 0.156. The number of hydrogen-bond acceptors (Lipinski definition) is 5. The highest BCUT2D eigenvalue weighted by Crippen LogP contribution is 2.47. The number of furan rings is 2. The third-order valence-electron chi connectivity index (χ3n) is 12.5. The van der Waals surface area contributed by atoms with Gasteiger partial charge in [0.25, 0.3) is 0 Å². The van der Waals surface area contributed by atoms with Gasteiger partial charge in [-0.15, -0.1) is 0 Å². The van der Waals surface area contributed by atoms with Crippen LogP contribution in [0.4, 0.5) is 0 Å². The van der Waals surface area contributed by atoms with Gasteiger partial charge in [-0.25, -0.2) is 15.0 Å². The van der Waals surface area contributed by atoms with Gasteiger partial charge in [0.15, 0.2) is 5.82 Å². The van der Waals surface area contributed by atoms with Gasteiger partial charge in [0, 0.05) is 71.1 Å². The molecule has 5 nitrogen and oxygen atoms in total. The molecule has 13 rings (SSSR count). The van der Waals surface area contributed by atoms with E-state index in [0.717, 1.165) is 127 Å². The van der Waals surface area contributed by atoms with E-state index in [1.807, 2.05) is 36.4 Å². The lowest BCUT2D eigenvalue weighted by atomic mass is 9.89. The summed E-state index contributed by atoms with van der Waals surface area (Å²) in [6.07, 6.45) is 0. The van der Waals surface area contributed by atoms with Crippen LogP contribution in [-0.4, -0.2) is 15.0 Å². The lowest BCUT2D eigenvalue weighted by Crippen LogP contribution is -1.97. The van der Waals surface area contributed by atoms with Crippen molar-refractivity contribution in [1.29, 1.82) is 0 Å². The van der Waals surface area contributed by atoms with Crippen molar-refractivity contribution in [3.05, 3.63) is 212 Å². The minimum Gasteiger partial charge on any atom is -0.456 e. The molecule has 0 aliphatic heterocycles. The van der Waals surface area contributed by atoms with Gasteiger partial charge >= 0.3 is 0 Å². The van der Waals surface area contributed by atoms with Crippen LogP contribution >= 0.6 is 0 Å². The molecule has 0 atom stereocenters. The Labute approximate surface area is 367 Å². The topological polar surface area (TPSA) is 65.0 Å². The first-order valence-corrected chi connectivity index (χ1v) is 21.5. The third kappa shape index (κ3) is 5.83. The Morgan fingerprint density at radius 2 is 0.891 bits per heavy atom. The summed E-state index contributed by atoms with van der Waals surface area (Å²) in [5.74, 6) is 0.638. The molecule has 9 aromatic carbocycles. The summed E-state index contributed by atoms with van der Waals surface area (Å²) < 4.78 is 13.1. The predicted octanol–water partition coefficient (Wildman–Crippen LogP) is 16.0. The molecule has 0 fully saturated rings. The molecular formula is C59H35N3O2. The Morgan fingerprint density at radius 1 is 0.312 bits per heavy atom. The van der Waals surface area contributed by atoms with Crippen molar-refractivity contribution in [2.45, 2.75) is 0 Å². The molecule has 0 aliphatic carbocycles. The van der Waals surface area contributed by atoms with Crippen molar-refractivity contribution in [2.24, 2.45) is 0 Å². The second-order valence-corrected chi connectivity index (χ2v) is 16.3. The lowest BCUT2D eigenvalue weighted by Gasteiger charge is -2.16. The molecule has 0 saturated heterocycles. The molecule has 298 valence electrons. The zero-order valence-corrected chi connectivity index (χ0v) is 34.4. The van der Waals surface area contributed by atoms with Crippen LogP contribution < -0.4 is 0 Å². The van der Waals surface area contributed by atoms with Crippen LogP contribution in [-0.2, 0) is 0 Å². The maximum atomic E-state index is 6.68. The Hall–Kier alpha value is -8.67. The SMILES string of the molecule is c1ccc(-c2cc(-c3ccc(-c4cccc5c4oc4ccccc45)cc3)nc(-c3cccc(-c4c5c(cc6c(-c7ccccc7)nc7ccccc7c46)oc4ccccc45)c3)n2)cc1. The number of nitrogens with zero attached hydrogens (tertiary/aromatic N) is 3. The van der Waals surface area contributed by atoms with Crippen molar-refractivity contribution < 1.29 is 8.83 Å². The van der Waals surface area contributed by atoms with E-state index in [9.17, 15) is 0 Å². The summed E-state index contributed by atoms with van der Waals surface area (Å²) >= 11 is 0. The van der Waals surface area contributed by atoms with Gasteiger partial charge < -0.3 is 8.83 Å². The summed E-state index contributed by atoms with van der Waals surface area (Å²) in [6, 6.07) is 73.6. The summed E-state index contributed by atoms with van der Waals surface area (Å²) in [6.45, 7) is 0. The zero-order valence-electron chi connectivity index (χ0n) is 34.4. The number of pyridine rings is 1. The summed E-state index contributed by atoms with van der Waals surface area (Å²) in [5, 5.41) is 7.58. The minimum atomic E-state index is 0.638. The molecular weight excluding hydrogens is 783 g/mol. The minimum absolute atomic E-state index is 0.638. The molecule has 4 aromatic heterocycles. The van der Waals surface area contributed by atoms with Crippen LogP contribution in [0.5, 0.6) is 0 Å². The zero-order chi connectivity index (χ0) is 42.1. The van der Waals surface area contributed by atoms with Crippen molar-refractivity contribution in [3.8, 4) is 67.4 Å². The smallest absolute Gasteiger partial charge is 0.160 e. The lowest BCUT2D eigenvalue weighted by molar-refractivity contribution is 0.669. The average Bonchev–Trinajstić information content (AvgIpc) is 3.94. The fourth-order valence-electron chi connectivity index (χ4n) is 9.51. The maximum absolute atomic E-state index is 6.68. The van der Waals surface area contributed by atoms with Crippen LogP contribution in [0.1, 0.15) is 0 Å². The van der Waals surface area contributed by atoms with Crippen LogP contribution in [0, 0.1) is 0 Å². The van der Waals surface area contributed by atoms with Crippen LogP contribution in [0.15, 0.2) is 221 Å². The van der Waals surface area contributed by atoms with Gasteiger partial charge in [-0.3, -0.25) is 0 Å². The first-order valence-electron chi connectivity index (χ1n) is 21.5. The Kier molecular flexibility index (Phi) is 8.15. The Balaban J connectivity index is 1.01. The molecule has 13 aromatic rings. The molecule has 0 saturated carbocycles. The molecule has 4 heterocycles. The fourth-order valence-corrected chi connectivity index (χ4v) is 9.51. The fraction of sp³-hybridized carbons (Fsp3) is 0. The largest absolute Gasteiger partial charge is 0.456 e. The Morgan fingerprint density at radius 3 is 1.67 bits per heavy atom. The molecule has 5 heteroatoms. The van der Waals surface area contributed by atoms with E-state index in [1.54, 1.807) is 0 Å². The van der Waals surface area contributed by atoms with Gasteiger partial charge in [-0.1, -0.05) is 176 Å². The third-order valence-corrected chi connectivity index (χ3v) is 12.5. The second-order valence-electron chi connectivity index (χ2n) is 16.3. The molecule has 0 spiro atoms. The van der Waals surface area contributed by atoms with E-state index in [-0.39, 0.29) is 0 Å². The van der Waals surface area contributed by atoms with Gasteiger partial charge in [0.1, 0.15) is 22.3 Å². The molecule has 0 amide bonds. The molecule has 0 unspecified atom stereocenters. The van der Waals surface area contributed by atoms with Gasteiger partial charge in [0.05, 0.1) is 22.6 Å². The highest BCUT2D eigenvalue weighted by Gasteiger charge is 2.23. The van der Waals surface area contributed by atoms with Gasteiger partial charge in [-0.05, 0) is 47.5 Å². The number of benzene rings is 9. The molecule has 0 radical (unpaired) electrons. The molecule has 0 N–H and O–H groups in total. The summed E-state index contributed by atoms with van der Waals surface area (Å²) in [4.78, 5) is 15.9. The number of aromatic nitrogens is 3. The number of fused-ring (bicyclic) bond motifs is 9. The predicted molar refractivity (Wildman–Crippen MR) is 262 cm³/mol. The average molecular weight is 818 g/mol. The van der Waals surface area contributed by atoms with E-state index >= 15 is 0 Å². The first-order chi connectivity index (χ1) is 31.7. The van der Waals surface area contributed by atoms with Crippen molar-refractivity contribution in [1.82, 2.24) is 15.0 Å². The van der Waals surface area contributed by atoms with E-state index in [4.69, 9.17) is 23.8 Å². The van der Waals surface area contributed by atoms with Crippen molar-refractivity contribution in [3.63, 3.8) is 0 Å². The number of rotatable bonds is 6. The normalized spacial score (nSPS) is 11.8. The van der Waals surface area contributed by atoms with Crippen molar-refractivity contribution in [2.75, 3.05) is 0 Å². The van der Waals surface area contributed by atoms with E-state index in [2.05, 4.69) is 176 Å². The van der Waals surface area contributed by atoms with Crippen LogP contribution in [0.25, 0.3) is 133 Å². The van der Waals surface area contributed by atoms with Crippen LogP contribution in [0.3, 0.4) is 0 Å². The maximum Gasteiger partial charge on any atom is 0.160 e. The first kappa shape index (κ1) is 36.0. The highest BCUT2D eigenvalue weighted by atomic mass is 16.3. The van der Waals surface area contributed by atoms with E-state index in [1.165, 1.54) is 0 Å². The summed E-state index contributed by atoms with van der Waals surface area (Å²) in [5.41, 5.74) is 15.2. The molecule has 0 aliphatic rings. The van der Waals surface area contributed by atoms with E-state index in [0.29, 0.717) is 5.82 Å². The van der Waals surface area contributed by atoms with E-state index < -0.39 is 0 Å². The Bertz CT molecular complexity index is 3950.